The van der Waals surface area contributed by atoms with Crippen LogP contribution in [0.3, 0.4) is 0 Å². The van der Waals surface area contributed by atoms with Crippen molar-refractivity contribution in [3.63, 3.8) is 0 Å². The van der Waals surface area contributed by atoms with E-state index < -0.39 is 15.8 Å². The zero-order valence-electron chi connectivity index (χ0n) is 14.8. The molecule has 1 aliphatic heterocycles. The van der Waals surface area contributed by atoms with Gasteiger partial charge in [0.2, 0.25) is 10.0 Å². The van der Waals surface area contributed by atoms with Crippen LogP contribution in [0.15, 0.2) is 48.8 Å². The molecule has 1 aliphatic rings. The zero-order valence-corrected chi connectivity index (χ0v) is 15.7. The molecule has 0 bridgehead atoms. The fourth-order valence-corrected chi connectivity index (χ4v) is 4.37. The Labute approximate surface area is 158 Å². The average Bonchev–Trinajstić information content (AvgIpc) is 2.67. The summed E-state index contributed by atoms with van der Waals surface area (Å²) in [5.41, 5.74) is 1.03. The monoisotopic (exact) mass is 391 g/mol. The van der Waals surface area contributed by atoms with Gasteiger partial charge in [0, 0.05) is 37.6 Å². The van der Waals surface area contributed by atoms with Crippen molar-refractivity contribution in [3.8, 4) is 0 Å². The zero-order chi connectivity index (χ0) is 19.3. The number of nitrogens with one attached hydrogen (secondary N) is 1. The summed E-state index contributed by atoms with van der Waals surface area (Å²) in [5.74, 6) is -0.547. The Balaban J connectivity index is 1.47. The highest BCUT2D eigenvalue weighted by molar-refractivity contribution is 7.88. The van der Waals surface area contributed by atoms with Gasteiger partial charge in [-0.2, -0.15) is 0 Å². The van der Waals surface area contributed by atoms with E-state index >= 15 is 0 Å². The van der Waals surface area contributed by atoms with E-state index in [0.717, 1.165) is 12.8 Å². The van der Waals surface area contributed by atoms with Crippen LogP contribution >= 0.6 is 0 Å². The van der Waals surface area contributed by atoms with E-state index in [1.807, 2.05) is 0 Å². The molecular formula is C19H22FN3O3S. The van der Waals surface area contributed by atoms with Gasteiger partial charge in [0.1, 0.15) is 5.82 Å². The van der Waals surface area contributed by atoms with Gasteiger partial charge in [0.05, 0.1) is 5.75 Å². The van der Waals surface area contributed by atoms with E-state index in [2.05, 4.69) is 9.71 Å². The minimum Gasteiger partial charge on any atom is -0.339 e. The van der Waals surface area contributed by atoms with Gasteiger partial charge in [-0.1, -0.05) is 12.1 Å². The SMILES string of the molecule is O=C(c1ccncc1)N1CCC(CNS(=O)(=O)Cc2cccc(F)c2)CC1. The normalized spacial score (nSPS) is 15.7. The summed E-state index contributed by atoms with van der Waals surface area (Å²) in [6.45, 7) is 1.52. The largest absolute Gasteiger partial charge is 0.339 e. The lowest BCUT2D eigenvalue weighted by atomic mass is 9.97. The first-order valence-electron chi connectivity index (χ1n) is 8.84. The van der Waals surface area contributed by atoms with Crippen molar-refractivity contribution >= 4 is 15.9 Å². The third-order valence-electron chi connectivity index (χ3n) is 4.67. The topological polar surface area (TPSA) is 79.4 Å². The molecule has 0 unspecified atom stereocenters. The molecule has 1 aromatic carbocycles. The maximum absolute atomic E-state index is 13.2. The van der Waals surface area contributed by atoms with Crippen molar-refractivity contribution in [2.45, 2.75) is 18.6 Å². The van der Waals surface area contributed by atoms with Crippen molar-refractivity contribution in [2.24, 2.45) is 5.92 Å². The van der Waals surface area contributed by atoms with E-state index in [-0.39, 0.29) is 17.6 Å². The molecule has 1 fully saturated rings. The third-order valence-corrected chi connectivity index (χ3v) is 5.99. The fraction of sp³-hybridized carbons (Fsp3) is 0.368. The third kappa shape index (κ3) is 5.58. The van der Waals surface area contributed by atoms with Crippen LogP contribution in [-0.2, 0) is 15.8 Å². The Morgan fingerprint density at radius 2 is 1.89 bits per heavy atom. The molecule has 0 spiro atoms. The summed E-state index contributed by atoms with van der Waals surface area (Å²) in [4.78, 5) is 18.1. The number of aromatic nitrogens is 1. The van der Waals surface area contributed by atoms with Crippen molar-refractivity contribution < 1.29 is 17.6 Å². The summed E-state index contributed by atoms with van der Waals surface area (Å²) in [6.07, 6.45) is 4.65. The second-order valence-electron chi connectivity index (χ2n) is 6.71. The molecule has 2 aromatic rings. The van der Waals surface area contributed by atoms with E-state index in [1.54, 1.807) is 35.5 Å². The van der Waals surface area contributed by atoms with Crippen LogP contribution in [0.2, 0.25) is 0 Å². The molecule has 2 heterocycles. The van der Waals surface area contributed by atoms with Gasteiger partial charge in [0.15, 0.2) is 0 Å². The molecule has 6 nitrogen and oxygen atoms in total. The number of hydrogen-bond donors (Lipinski definition) is 1. The Hall–Kier alpha value is -2.32. The molecule has 144 valence electrons. The highest BCUT2D eigenvalue weighted by atomic mass is 32.2. The highest BCUT2D eigenvalue weighted by Gasteiger charge is 2.24. The molecule has 0 atom stereocenters. The van der Waals surface area contributed by atoms with E-state index in [0.29, 0.717) is 30.8 Å². The average molecular weight is 391 g/mol. The van der Waals surface area contributed by atoms with Crippen molar-refractivity contribution in [1.29, 1.82) is 0 Å². The molecule has 0 saturated carbocycles. The van der Waals surface area contributed by atoms with Gasteiger partial charge in [-0.05, 0) is 48.6 Å². The van der Waals surface area contributed by atoms with Crippen LogP contribution in [0.5, 0.6) is 0 Å². The van der Waals surface area contributed by atoms with E-state index in [4.69, 9.17) is 0 Å². The van der Waals surface area contributed by atoms with Crippen LogP contribution in [0.25, 0.3) is 0 Å². The van der Waals surface area contributed by atoms with Crippen LogP contribution in [-0.4, -0.2) is 43.8 Å². The Morgan fingerprint density at radius 3 is 2.56 bits per heavy atom. The lowest BCUT2D eigenvalue weighted by molar-refractivity contribution is 0.0692. The van der Waals surface area contributed by atoms with Crippen LogP contribution in [0, 0.1) is 11.7 Å². The minimum absolute atomic E-state index is 0.0254. The maximum Gasteiger partial charge on any atom is 0.253 e. The molecule has 27 heavy (non-hydrogen) atoms. The number of nitrogens with zero attached hydrogens (tertiary/aromatic N) is 2. The number of benzene rings is 1. The van der Waals surface area contributed by atoms with E-state index in [9.17, 15) is 17.6 Å². The standard InChI is InChI=1S/C19H22FN3O3S/c20-18-3-1-2-16(12-18)14-27(25,26)22-13-15-6-10-23(11-7-15)19(24)17-4-8-21-9-5-17/h1-5,8-9,12,15,22H,6-7,10-11,13-14H2. The van der Waals surface area contributed by atoms with Crippen LogP contribution in [0.1, 0.15) is 28.8 Å². The molecule has 1 amide bonds. The molecule has 3 rings (SSSR count). The lowest BCUT2D eigenvalue weighted by Gasteiger charge is -2.32. The number of amides is 1. The van der Waals surface area contributed by atoms with E-state index in [1.165, 1.54) is 18.2 Å². The lowest BCUT2D eigenvalue weighted by Crippen LogP contribution is -2.41. The fourth-order valence-electron chi connectivity index (χ4n) is 3.16. The van der Waals surface area contributed by atoms with Crippen LogP contribution < -0.4 is 4.72 Å². The smallest absolute Gasteiger partial charge is 0.253 e. The summed E-state index contributed by atoms with van der Waals surface area (Å²) in [7, 11) is -3.53. The van der Waals surface area contributed by atoms with Gasteiger partial charge in [-0.25, -0.2) is 17.5 Å². The second-order valence-corrected chi connectivity index (χ2v) is 8.52. The van der Waals surface area contributed by atoms with Gasteiger partial charge >= 0.3 is 0 Å². The number of rotatable bonds is 6. The number of likely N-dealkylation sites (tertiary alicyclic amines) is 1. The summed E-state index contributed by atoms with van der Waals surface area (Å²) in [6, 6.07) is 8.97. The maximum atomic E-state index is 13.2. The van der Waals surface area contributed by atoms with Crippen molar-refractivity contribution in [2.75, 3.05) is 19.6 Å². The first kappa shape index (κ1) is 19.4. The molecule has 8 heteroatoms. The molecular weight excluding hydrogens is 369 g/mol. The number of carbonyl (C=O) groups is 1. The Kier molecular flexibility index (Phi) is 6.18. The number of pyridine rings is 1. The first-order valence-corrected chi connectivity index (χ1v) is 10.5. The quantitative estimate of drug-likeness (QED) is 0.819. The predicted octanol–water partition coefficient (Wildman–Crippen LogP) is 2.19. The van der Waals surface area contributed by atoms with Gasteiger partial charge in [-0.3, -0.25) is 9.78 Å². The molecule has 0 radical (unpaired) electrons. The first-order chi connectivity index (χ1) is 12.9. The molecule has 1 aromatic heterocycles. The molecule has 1 saturated heterocycles. The van der Waals surface area contributed by atoms with Gasteiger partial charge < -0.3 is 4.90 Å². The second kappa shape index (κ2) is 8.58. The van der Waals surface area contributed by atoms with Gasteiger partial charge in [-0.15, -0.1) is 0 Å². The Morgan fingerprint density at radius 1 is 1.19 bits per heavy atom. The highest BCUT2D eigenvalue weighted by Crippen LogP contribution is 2.19. The van der Waals surface area contributed by atoms with Gasteiger partial charge in [0.25, 0.3) is 5.91 Å². The number of halogens is 1. The Bertz CT molecular complexity index is 882. The number of carbonyl (C=O) groups excluding carboxylic acids is 1. The van der Waals surface area contributed by atoms with Crippen molar-refractivity contribution in [3.05, 3.63) is 65.7 Å². The predicted molar refractivity (Wildman–Crippen MR) is 99.9 cm³/mol. The summed E-state index contributed by atoms with van der Waals surface area (Å²) < 4.78 is 40.2. The minimum atomic E-state index is -3.53. The number of hydrogen-bond acceptors (Lipinski definition) is 4. The molecule has 1 N–H and O–H groups in total. The number of sulfonamides is 1. The number of piperidine rings is 1. The summed E-state index contributed by atoms with van der Waals surface area (Å²) >= 11 is 0. The summed E-state index contributed by atoms with van der Waals surface area (Å²) in [5, 5.41) is 0. The van der Waals surface area contributed by atoms with Crippen LogP contribution in [0.4, 0.5) is 4.39 Å². The van der Waals surface area contributed by atoms with Crippen molar-refractivity contribution in [1.82, 2.24) is 14.6 Å². The molecule has 0 aliphatic carbocycles.